The Labute approximate surface area is 91.9 Å². The minimum Gasteiger partial charge on any atom is -0.313 e. The molecule has 2 fully saturated rings. The average molecular weight is 232 g/mol. The summed E-state index contributed by atoms with van der Waals surface area (Å²) in [5.41, 5.74) is 0. The molecule has 0 aromatic heterocycles. The third-order valence-electron chi connectivity index (χ3n) is 3.43. The molecule has 1 N–H and O–H groups in total. The second kappa shape index (κ2) is 4.39. The van der Waals surface area contributed by atoms with Gasteiger partial charge in [0.1, 0.15) is 0 Å². The Morgan fingerprint density at radius 2 is 2.27 bits per heavy atom. The van der Waals surface area contributed by atoms with Crippen LogP contribution in [0.4, 0.5) is 0 Å². The molecule has 2 saturated heterocycles. The van der Waals surface area contributed by atoms with E-state index in [1.807, 2.05) is 6.92 Å². The van der Waals surface area contributed by atoms with Crippen LogP contribution in [0.25, 0.3) is 0 Å². The average Bonchev–Trinajstić information content (AvgIpc) is 2.61. The summed E-state index contributed by atoms with van der Waals surface area (Å²) in [6, 6.07) is 0.763. The first kappa shape index (κ1) is 11.4. The lowest BCUT2D eigenvalue weighted by Crippen LogP contribution is -2.50. The molecule has 88 valence electrons. The first-order valence-electron chi connectivity index (χ1n) is 5.75. The quantitative estimate of drug-likeness (QED) is 0.720. The van der Waals surface area contributed by atoms with E-state index in [1.165, 1.54) is 12.8 Å². The second-order valence-electron chi connectivity index (χ2n) is 4.75. The van der Waals surface area contributed by atoms with Crippen molar-refractivity contribution in [1.29, 1.82) is 0 Å². The highest BCUT2D eigenvalue weighted by Crippen LogP contribution is 2.14. The zero-order valence-corrected chi connectivity index (χ0v) is 10.1. The van der Waals surface area contributed by atoms with Gasteiger partial charge in [-0.2, -0.15) is 0 Å². The summed E-state index contributed by atoms with van der Waals surface area (Å²) in [7, 11) is -2.76. The van der Waals surface area contributed by atoms with Crippen LogP contribution in [-0.2, 0) is 9.84 Å². The lowest BCUT2D eigenvalue weighted by Gasteiger charge is -2.34. The molecule has 0 saturated carbocycles. The summed E-state index contributed by atoms with van der Waals surface area (Å²) < 4.78 is 22.8. The number of hydrogen-bond acceptors (Lipinski definition) is 4. The van der Waals surface area contributed by atoms with Crippen molar-refractivity contribution in [2.75, 3.05) is 31.1 Å². The largest absolute Gasteiger partial charge is 0.313 e. The highest BCUT2D eigenvalue weighted by Gasteiger charge is 2.29. The van der Waals surface area contributed by atoms with E-state index in [1.54, 1.807) is 0 Å². The predicted molar refractivity (Wildman–Crippen MR) is 60.7 cm³/mol. The third kappa shape index (κ3) is 2.92. The summed E-state index contributed by atoms with van der Waals surface area (Å²) in [5, 5.41) is 3.45. The van der Waals surface area contributed by atoms with Gasteiger partial charge in [0.25, 0.3) is 0 Å². The monoisotopic (exact) mass is 232 g/mol. The van der Waals surface area contributed by atoms with Crippen molar-refractivity contribution >= 4 is 9.84 Å². The van der Waals surface area contributed by atoms with Crippen molar-refractivity contribution in [3.63, 3.8) is 0 Å². The van der Waals surface area contributed by atoms with Gasteiger partial charge >= 0.3 is 0 Å². The van der Waals surface area contributed by atoms with Gasteiger partial charge in [-0.15, -0.1) is 0 Å². The van der Waals surface area contributed by atoms with Crippen LogP contribution in [-0.4, -0.2) is 56.5 Å². The Balaban J connectivity index is 1.88. The second-order valence-corrected chi connectivity index (χ2v) is 6.98. The third-order valence-corrected chi connectivity index (χ3v) is 5.22. The van der Waals surface area contributed by atoms with Crippen molar-refractivity contribution in [1.82, 2.24) is 10.2 Å². The first-order valence-corrected chi connectivity index (χ1v) is 7.57. The number of rotatable bonds is 2. The number of nitrogens with one attached hydrogen (secondary N) is 1. The van der Waals surface area contributed by atoms with Crippen LogP contribution in [0.5, 0.6) is 0 Å². The number of sulfone groups is 1. The van der Waals surface area contributed by atoms with Gasteiger partial charge in [-0.25, -0.2) is 8.42 Å². The molecule has 2 rings (SSSR count). The lowest BCUT2D eigenvalue weighted by atomic mass is 10.2. The zero-order chi connectivity index (χ0) is 10.9. The SMILES string of the molecule is CC1CS(=O)(=O)CCN1C[C@@H]1CCCN1. The zero-order valence-electron chi connectivity index (χ0n) is 9.28. The molecule has 2 aliphatic rings. The molecular formula is C10H20N2O2S. The maximum absolute atomic E-state index is 11.4. The molecule has 0 amide bonds. The van der Waals surface area contributed by atoms with E-state index in [4.69, 9.17) is 0 Å². The van der Waals surface area contributed by atoms with Gasteiger partial charge in [0, 0.05) is 25.2 Å². The maximum Gasteiger partial charge on any atom is 0.153 e. The maximum atomic E-state index is 11.4. The summed E-state index contributed by atoms with van der Waals surface area (Å²) in [4.78, 5) is 2.31. The number of hydrogen-bond donors (Lipinski definition) is 1. The molecule has 1 unspecified atom stereocenters. The highest BCUT2D eigenvalue weighted by molar-refractivity contribution is 7.91. The molecule has 2 aliphatic heterocycles. The molecule has 5 heteroatoms. The highest BCUT2D eigenvalue weighted by atomic mass is 32.2. The van der Waals surface area contributed by atoms with Gasteiger partial charge in [-0.05, 0) is 26.3 Å². The molecule has 4 nitrogen and oxygen atoms in total. The fourth-order valence-corrected chi connectivity index (χ4v) is 4.12. The van der Waals surface area contributed by atoms with E-state index in [0.717, 1.165) is 13.1 Å². The van der Waals surface area contributed by atoms with Crippen molar-refractivity contribution in [2.45, 2.75) is 31.8 Å². The number of nitrogens with zero attached hydrogens (tertiary/aromatic N) is 1. The minimum atomic E-state index is -2.76. The van der Waals surface area contributed by atoms with Crippen LogP contribution in [0.1, 0.15) is 19.8 Å². The molecule has 2 heterocycles. The summed E-state index contributed by atoms with van der Waals surface area (Å²) in [5.74, 6) is 0.670. The standard InChI is InChI=1S/C10H20N2O2S/c1-9-8-15(13,14)6-5-12(9)7-10-3-2-4-11-10/h9-11H,2-8H2,1H3/t9?,10-/m0/s1. The van der Waals surface area contributed by atoms with E-state index < -0.39 is 9.84 Å². The molecule has 0 spiro atoms. The van der Waals surface area contributed by atoms with Crippen LogP contribution in [0.15, 0.2) is 0 Å². The van der Waals surface area contributed by atoms with E-state index >= 15 is 0 Å². The Hall–Kier alpha value is -0.130. The molecule has 0 aromatic carbocycles. The van der Waals surface area contributed by atoms with Gasteiger partial charge in [0.05, 0.1) is 11.5 Å². The minimum absolute atomic E-state index is 0.186. The fourth-order valence-electron chi connectivity index (χ4n) is 2.50. The molecule has 2 atom stereocenters. The van der Waals surface area contributed by atoms with Gasteiger partial charge in [-0.1, -0.05) is 0 Å². The molecule has 15 heavy (non-hydrogen) atoms. The van der Waals surface area contributed by atoms with Crippen LogP contribution < -0.4 is 5.32 Å². The Kier molecular flexibility index (Phi) is 3.33. The van der Waals surface area contributed by atoms with E-state index in [-0.39, 0.29) is 6.04 Å². The Bertz CT molecular complexity index is 309. The van der Waals surface area contributed by atoms with E-state index in [9.17, 15) is 8.42 Å². The van der Waals surface area contributed by atoms with Crippen LogP contribution in [0.2, 0.25) is 0 Å². The topological polar surface area (TPSA) is 49.4 Å². The van der Waals surface area contributed by atoms with Crippen molar-refractivity contribution in [3.8, 4) is 0 Å². The van der Waals surface area contributed by atoms with Crippen LogP contribution in [0, 0.1) is 0 Å². The summed E-state index contributed by atoms with van der Waals surface area (Å²) in [6.45, 7) is 4.86. The molecule has 0 radical (unpaired) electrons. The van der Waals surface area contributed by atoms with E-state index in [0.29, 0.717) is 24.1 Å². The fraction of sp³-hybridized carbons (Fsp3) is 1.00. The molecular weight excluding hydrogens is 212 g/mol. The normalized spacial score (nSPS) is 36.9. The lowest BCUT2D eigenvalue weighted by molar-refractivity contribution is 0.207. The van der Waals surface area contributed by atoms with Gasteiger partial charge in [-0.3, -0.25) is 4.90 Å². The molecule has 0 aliphatic carbocycles. The van der Waals surface area contributed by atoms with Crippen LogP contribution in [0.3, 0.4) is 0 Å². The van der Waals surface area contributed by atoms with Crippen molar-refractivity contribution in [2.24, 2.45) is 0 Å². The van der Waals surface area contributed by atoms with Crippen molar-refractivity contribution < 1.29 is 8.42 Å². The summed E-state index contributed by atoms with van der Waals surface area (Å²) >= 11 is 0. The molecule has 0 aromatic rings. The first-order chi connectivity index (χ1) is 7.07. The summed E-state index contributed by atoms with van der Waals surface area (Å²) in [6.07, 6.45) is 2.49. The van der Waals surface area contributed by atoms with Gasteiger partial charge in [0.2, 0.25) is 0 Å². The van der Waals surface area contributed by atoms with Gasteiger partial charge in [0.15, 0.2) is 9.84 Å². The van der Waals surface area contributed by atoms with Gasteiger partial charge < -0.3 is 5.32 Å². The van der Waals surface area contributed by atoms with Crippen molar-refractivity contribution in [3.05, 3.63) is 0 Å². The predicted octanol–water partition coefficient (Wildman–Crippen LogP) is -0.143. The Morgan fingerprint density at radius 1 is 1.47 bits per heavy atom. The smallest absolute Gasteiger partial charge is 0.153 e. The van der Waals surface area contributed by atoms with Crippen LogP contribution >= 0.6 is 0 Å². The van der Waals surface area contributed by atoms with E-state index in [2.05, 4.69) is 10.2 Å². The Morgan fingerprint density at radius 3 is 2.87 bits per heavy atom. The molecule has 0 bridgehead atoms.